The quantitative estimate of drug-likeness (QED) is 0.248. The molecule has 0 aromatic rings. The highest BCUT2D eigenvalue weighted by Gasteiger charge is 2.53. The standard InChI is InChI=1S/C21H36N2O4S/c1-5-6-9-19-16-21(22(3)4,28-14-7-8-15-28)11-10-20(19,17-23(25)26)12-13-27-18(2)24/h7-8,14-15,19,28H,5-6,9-13,16-17H2,1-4H3. The van der Waals surface area contributed by atoms with Crippen molar-refractivity contribution < 1.29 is 14.5 Å². The summed E-state index contributed by atoms with van der Waals surface area (Å²) in [5, 5.41) is 16.3. The molecule has 2 rings (SSSR count). The summed E-state index contributed by atoms with van der Waals surface area (Å²) in [6, 6.07) is 0. The van der Waals surface area contributed by atoms with Crippen LogP contribution in [0.3, 0.4) is 0 Å². The predicted molar refractivity (Wildman–Crippen MR) is 116 cm³/mol. The molecule has 0 aromatic heterocycles. The van der Waals surface area contributed by atoms with Gasteiger partial charge in [0, 0.05) is 17.3 Å². The normalized spacial score (nSPS) is 30.8. The summed E-state index contributed by atoms with van der Waals surface area (Å²) in [6.07, 6.45) is 10.7. The van der Waals surface area contributed by atoms with Crippen LogP contribution in [-0.2, 0) is 9.53 Å². The first-order valence-corrected chi connectivity index (χ1v) is 11.8. The van der Waals surface area contributed by atoms with Gasteiger partial charge in [-0.25, -0.2) is 0 Å². The number of carbonyl (C=O) groups is 1. The van der Waals surface area contributed by atoms with Gasteiger partial charge < -0.3 is 4.74 Å². The van der Waals surface area contributed by atoms with Crippen LogP contribution in [0.15, 0.2) is 23.0 Å². The number of unbranched alkanes of at least 4 members (excludes halogenated alkanes) is 1. The Morgan fingerprint density at radius 2 is 2.00 bits per heavy atom. The number of hydrogen-bond acceptors (Lipinski definition) is 5. The van der Waals surface area contributed by atoms with E-state index in [2.05, 4.69) is 48.9 Å². The highest BCUT2D eigenvalue weighted by molar-refractivity contribution is 8.23. The Hall–Kier alpha value is -1.34. The second kappa shape index (κ2) is 9.92. The molecule has 0 radical (unpaired) electrons. The van der Waals surface area contributed by atoms with Crippen LogP contribution in [0.5, 0.6) is 0 Å². The zero-order valence-electron chi connectivity index (χ0n) is 17.7. The fraction of sp³-hybridized carbons (Fsp3) is 0.762. The summed E-state index contributed by atoms with van der Waals surface area (Å²) in [4.78, 5) is 25.1. The van der Waals surface area contributed by atoms with Gasteiger partial charge in [-0.05, 0) is 62.9 Å². The van der Waals surface area contributed by atoms with Crippen molar-refractivity contribution in [2.24, 2.45) is 11.3 Å². The Morgan fingerprint density at radius 3 is 2.54 bits per heavy atom. The Bertz CT molecular complexity index is 610. The zero-order chi connectivity index (χ0) is 20.8. The second-order valence-electron chi connectivity index (χ2n) is 8.45. The number of ether oxygens (including phenoxy) is 1. The van der Waals surface area contributed by atoms with Gasteiger partial charge in [0.1, 0.15) is 0 Å². The number of esters is 1. The smallest absolute Gasteiger partial charge is 0.302 e. The van der Waals surface area contributed by atoms with Crippen molar-refractivity contribution in [1.29, 1.82) is 0 Å². The third kappa shape index (κ3) is 5.17. The van der Waals surface area contributed by atoms with Crippen LogP contribution in [0, 0.1) is 21.4 Å². The SMILES string of the molecule is CCCCC1CC(N(C)C)([SH]2C=CC=C2)CCC1(CCOC(C)=O)C[N+](=O)[O-]. The van der Waals surface area contributed by atoms with Crippen molar-refractivity contribution in [1.82, 2.24) is 4.90 Å². The maximum Gasteiger partial charge on any atom is 0.302 e. The molecular weight excluding hydrogens is 376 g/mol. The summed E-state index contributed by atoms with van der Waals surface area (Å²) in [6.45, 7) is 3.81. The van der Waals surface area contributed by atoms with Gasteiger partial charge in [0.25, 0.3) is 0 Å². The van der Waals surface area contributed by atoms with Crippen LogP contribution >= 0.6 is 10.9 Å². The van der Waals surface area contributed by atoms with E-state index < -0.39 is 16.3 Å². The number of thiol groups is 1. The average molecular weight is 413 g/mol. The zero-order valence-corrected chi connectivity index (χ0v) is 18.6. The summed E-state index contributed by atoms with van der Waals surface area (Å²) < 4.78 is 5.21. The largest absolute Gasteiger partial charge is 0.466 e. The number of nitrogens with zero attached hydrogens (tertiary/aromatic N) is 2. The average Bonchev–Trinajstić information content (AvgIpc) is 3.15. The van der Waals surface area contributed by atoms with Gasteiger partial charge in [-0.15, -0.1) is 0 Å². The number of allylic oxidation sites excluding steroid dienone is 2. The molecule has 7 heteroatoms. The lowest BCUT2D eigenvalue weighted by atomic mass is 9.61. The lowest BCUT2D eigenvalue weighted by Gasteiger charge is -2.55. The lowest BCUT2D eigenvalue weighted by Crippen LogP contribution is -2.54. The molecule has 1 heterocycles. The van der Waals surface area contributed by atoms with Gasteiger partial charge in [-0.2, -0.15) is 10.9 Å². The van der Waals surface area contributed by atoms with E-state index in [1.807, 2.05) is 0 Å². The molecule has 1 aliphatic carbocycles. The van der Waals surface area contributed by atoms with Crippen molar-refractivity contribution in [2.45, 2.75) is 63.7 Å². The minimum absolute atomic E-state index is 0.0320. The van der Waals surface area contributed by atoms with Crippen LogP contribution in [-0.4, -0.2) is 47.9 Å². The molecule has 0 aromatic carbocycles. The molecule has 0 N–H and O–H groups in total. The maximum absolute atomic E-state index is 11.6. The van der Waals surface area contributed by atoms with Crippen molar-refractivity contribution in [3.63, 3.8) is 0 Å². The first-order chi connectivity index (χ1) is 13.3. The molecule has 0 bridgehead atoms. The topological polar surface area (TPSA) is 72.7 Å². The lowest BCUT2D eigenvalue weighted by molar-refractivity contribution is -0.502. The molecule has 1 aliphatic heterocycles. The molecule has 160 valence electrons. The summed E-state index contributed by atoms with van der Waals surface area (Å²) in [5.74, 6) is -0.0565. The molecule has 0 amide bonds. The Morgan fingerprint density at radius 1 is 1.32 bits per heavy atom. The van der Waals surface area contributed by atoms with Crippen molar-refractivity contribution in [2.75, 3.05) is 27.2 Å². The molecule has 28 heavy (non-hydrogen) atoms. The van der Waals surface area contributed by atoms with Crippen LogP contribution < -0.4 is 0 Å². The van der Waals surface area contributed by atoms with Crippen LogP contribution in [0.2, 0.25) is 0 Å². The minimum Gasteiger partial charge on any atom is -0.466 e. The highest BCUT2D eigenvalue weighted by atomic mass is 32.2. The molecule has 3 unspecified atom stereocenters. The van der Waals surface area contributed by atoms with E-state index in [-0.39, 0.29) is 34.8 Å². The molecule has 6 nitrogen and oxygen atoms in total. The van der Waals surface area contributed by atoms with Gasteiger partial charge in [-0.3, -0.25) is 19.8 Å². The third-order valence-corrected chi connectivity index (χ3v) is 9.39. The molecular formula is C21H36N2O4S. The highest BCUT2D eigenvalue weighted by Crippen LogP contribution is 2.61. The predicted octanol–water partition coefficient (Wildman–Crippen LogP) is 4.49. The van der Waals surface area contributed by atoms with Gasteiger partial charge in [0.05, 0.1) is 11.5 Å². The maximum atomic E-state index is 11.6. The fourth-order valence-electron chi connectivity index (χ4n) is 4.98. The molecule has 2 aliphatic rings. The van der Waals surface area contributed by atoms with Gasteiger partial charge in [-0.1, -0.05) is 31.9 Å². The Balaban J connectivity index is 2.33. The van der Waals surface area contributed by atoms with E-state index in [9.17, 15) is 14.9 Å². The number of carbonyl (C=O) groups excluding carboxylic acids is 1. The van der Waals surface area contributed by atoms with E-state index in [0.717, 1.165) is 38.5 Å². The van der Waals surface area contributed by atoms with Crippen LogP contribution in [0.25, 0.3) is 0 Å². The first kappa shape index (κ1) is 22.9. The fourth-order valence-corrected chi connectivity index (χ4v) is 7.47. The molecule has 0 spiro atoms. The van der Waals surface area contributed by atoms with Crippen molar-refractivity contribution in [3.05, 3.63) is 33.1 Å². The summed E-state index contributed by atoms with van der Waals surface area (Å²) in [7, 11) is 3.90. The Labute approximate surface area is 171 Å². The molecule has 1 fully saturated rings. The Kier molecular flexibility index (Phi) is 8.13. The summed E-state index contributed by atoms with van der Waals surface area (Å²) in [5.41, 5.74) is -0.393. The number of hydrogen-bond donors (Lipinski definition) is 1. The molecule has 1 saturated carbocycles. The number of nitro groups is 1. The van der Waals surface area contributed by atoms with Crippen LogP contribution in [0.1, 0.15) is 58.8 Å². The van der Waals surface area contributed by atoms with E-state index in [0.29, 0.717) is 6.42 Å². The van der Waals surface area contributed by atoms with Crippen molar-refractivity contribution in [3.8, 4) is 0 Å². The van der Waals surface area contributed by atoms with E-state index in [1.165, 1.54) is 6.92 Å². The van der Waals surface area contributed by atoms with Gasteiger partial charge in [0.2, 0.25) is 6.54 Å². The monoisotopic (exact) mass is 412 g/mol. The van der Waals surface area contributed by atoms with Gasteiger partial charge in [0.15, 0.2) is 0 Å². The minimum atomic E-state index is -0.404. The first-order valence-electron chi connectivity index (χ1n) is 10.3. The third-order valence-electron chi connectivity index (χ3n) is 6.64. The second-order valence-corrected chi connectivity index (χ2v) is 10.7. The number of rotatable bonds is 10. The van der Waals surface area contributed by atoms with Crippen molar-refractivity contribution >= 4 is 16.9 Å². The van der Waals surface area contributed by atoms with E-state index in [4.69, 9.17) is 4.74 Å². The molecule has 0 saturated heterocycles. The van der Waals surface area contributed by atoms with Gasteiger partial charge >= 0.3 is 5.97 Å². The van der Waals surface area contributed by atoms with Crippen LogP contribution in [0.4, 0.5) is 0 Å². The van der Waals surface area contributed by atoms with E-state index >= 15 is 0 Å². The summed E-state index contributed by atoms with van der Waals surface area (Å²) >= 11 is 0. The molecule has 3 atom stereocenters. The van der Waals surface area contributed by atoms with E-state index in [1.54, 1.807) is 0 Å².